The van der Waals surface area contributed by atoms with Crippen molar-refractivity contribution in [2.45, 2.75) is 25.8 Å². The Morgan fingerprint density at radius 1 is 1.19 bits per heavy atom. The van der Waals surface area contributed by atoms with Crippen molar-refractivity contribution in [3.63, 3.8) is 0 Å². The molecule has 0 aliphatic heterocycles. The first-order valence-corrected chi connectivity index (χ1v) is 8.76. The van der Waals surface area contributed by atoms with Crippen LogP contribution < -0.4 is 5.32 Å². The van der Waals surface area contributed by atoms with Gasteiger partial charge in [-0.3, -0.25) is 5.32 Å². The predicted octanol–water partition coefficient (Wildman–Crippen LogP) is 5.70. The quantitative estimate of drug-likeness (QED) is 0.585. The van der Waals surface area contributed by atoms with E-state index in [1.54, 1.807) is 6.92 Å². The lowest BCUT2D eigenvalue weighted by molar-refractivity contribution is 0.121. The molecule has 0 aliphatic carbocycles. The highest BCUT2D eigenvalue weighted by atomic mass is 35.5. The summed E-state index contributed by atoms with van der Waals surface area (Å²) >= 11 is 5.82. The minimum Gasteiger partial charge on any atom is -0.441 e. The summed E-state index contributed by atoms with van der Waals surface area (Å²) in [6.07, 6.45) is -0.936. The highest BCUT2D eigenvalue weighted by Crippen LogP contribution is 2.31. The van der Waals surface area contributed by atoms with Crippen LogP contribution in [0.25, 0.3) is 11.3 Å². The fourth-order valence-corrected chi connectivity index (χ4v) is 2.72. The largest absolute Gasteiger partial charge is 0.441 e. The van der Waals surface area contributed by atoms with Gasteiger partial charge in [-0.1, -0.05) is 59.8 Å². The Bertz CT molecular complexity index is 876. The third-order valence-corrected chi connectivity index (χ3v) is 4.32. The number of ether oxygens (including phenoxy) is 1. The van der Waals surface area contributed by atoms with E-state index in [1.165, 1.54) is 0 Å². The normalized spacial score (nSPS) is 11.8. The van der Waals surface area contributed by atoms with Gasteiger partial charge in [0.1, 0.15) is 17.5 Å². The van der Waals surface area contributed by atoms with Crippen molar-refractivity contribution in [1.29, 1.82) is 0 Å². The number of hydrogen-bond acceptors (Lipinski definition) is 4. The van der Waals surface area contributed by atoms with Gasteiger partial charge in [-0.15, -0.1) is 11.6 Å². The Morgan fingerprint density at radius 2 is 1.88 bits per heavy atom. The molecule has 0 bridgehead atoms. The van der Waals surface area contributed by atoms with Crippen molar-refractivity contribution in [1.82, 2.24) is 5.16 Å². The number of hydrogen-bond donors (Lipinski definition) is 1. The monoisotopic (exact) mass is 370 g/mol. The minimum absolute atomic E-state index is 0.372. The predicted molar refractivity (Wildman–Crippen MR) is 101 cm³/mol. The molecular formula is C20H19ClN2O3. The molecule has 0 saturated carbocycles. The molecule has 26 heavy (non-hydrogen) atoms. The molecule has 0 aliphatic rings. The minimum atomic E-state index is -0.564. The molecule has 2 aromatic carbocycles. The fraction of sp³-hybridized carbons (Fsp3) is 0.200. The average Bonchev–Trinajstić information content (AvgIpc) is 3.03. The summed E-state index contributed by atoms with van der Waals surface area (Å²) in [5.74, 6) is 0.915. The van der Waals surface area contributed by atoms with Crippen LogP contribution in [0.2, 0.25) is 0 Å². The fourth-order valence-electron chi connectivity index (χ4n) is 2.54. The van der Waals surface area contributed by atoms with E-state index < -0.39 is 6.09 Å². The summed E-state index contributed by atoms with van der Waals surface area (Å²) in [6, 6.07) is 17.1. The first kappa shape index (κ1) is 18.0. The number of alkyl halides is 1. The van der Waals surface area contributed by atoms with E-state index in [2.05, 4.69) is 10.5 Å². The van der Waals surface area contributed by atoms with Crippen LogP contribution in [-0.4, -0.2) is 11.2 Å². The van der Waals surface area contributed by atoms with Gasteiger partial charge in [-0.05, 0) is 25.0 Å². The molecule has 1 aromatic heterocycles. The lowest BCUT2D eigenvalue weighted by Gasteiger charge is -2.14. The van der Waals surface area contributed by atoms with Crippen molar-refractivity contribution in [3.05, 3.63) is 71.4 Å². The maximum Gasteiger partial charge on any atom is 0.412 e. The SMILES string of the molecule is Cc1noc(-c2ccc(CCl)cc2)c1NC(=O)O[C@H](C)c1ccccc1. The van der Waals surface area contributed by atoms with E-state index in [9.17, 15) is 4.79 Å². The van der Waals surface area contributed by atoms with Crippen LogP contribution in [-0.2, 0) is 10.6 Å². The van der Waals surface area contributed by atoms with Gasteiger partial charge in [0.15, 0.2) is 5.76 Å². The summed E-state index contributed by atoms with van der Waals surface area (Å²) in [7, 11) is 0. The summed E-state index contributed by atoms with van der Waals surface area (Å²) in [4.78, 5) is 12.3. The molecular weight excluding hydrogens is 352 g/mol. The van der Waals surface area contributed by atoms with E-state index in [-0.39, 0.29) is 6.10 Å². The molecule has 0 radical (unpaired) electrons. The third-order valence-electron chi connectivity index (χ3n) is 4.01. The van der Waals surface area contributed by atoms with Crippen molar-refractivity contribution >= 4 is 23.4 Å². The number of rotatable bonds is 5. The molecule has 0 saturated heterocycles. The van der Waals surface area contributed by atoms with E-state index >= 15 is 0 Å². The van der Waals surface area contributed by atoms with E-state index in [4.69, 9.17) is 20.9 Å². The number of amides is 1. The summed E-state index contributed by atoms with van der Waals surface area (Å²) in [5.41, 5.74) is 3.78. The van der Waals surface area contributed by atoms with Gasteiger partial charge < -0.3 is 9.26 Å². The van der Waals surface area contributed by atoms with Crippen LogP contribution in [0.1, 0.15) is 29.8 Å². The zero-order valence-corrected chi connectivity index (χ0v) is 15.3. The Kier molecular flexibility index (Phi) is 5.58. The second-order valence-corrected chi connectivity index (χ2v) is 6.15. The molecule has 3 aromatic rings. The van der Waals surface area contributed by atoms with Crippen LogP contribution in [0.15, 0.2) is 59.1 Å². The molecule has 0 unspecified atom stereocenters. The van der Waals surface area contributed by atoms with Crippen LogP contribution in [0, 0.1) is 6.92 Å². The maximum absolute atomic E-state index is 12.3. The van der Waals surface area contributed by atoms with Crippen LogP contribution in [0.3, 0.4) is 0 Å². The Balaban J connectivity index is 1.75. The van der Waals surface area contributed by atoms with E-state index in [0.29, 0.717) is 23.0 Å². The number of benzene rings is 2. The highest BCUT2D eigenvalue weighted by molar-refractivity contribution is 6.17. The molecule has 0 fully saturated rings. The second-order valence-electron chi connectivity index (χ2n) is 5.89. The number of carbonyl (C=O) groups excluding carboxylic acids is 1. The van der Waals surface area contributed by atoms with Gasteiger partial charge >= 0.3 is 6.09 Å². The van der Waals surface area contributed by atoms with Crippen molar-refractivity contribution in [2.24, 2.45) is 0 Å². The number of aromatic nitrogens is 1. The smallest absolute Gasteiger partial charge is 0.412 e. The summed E-state index contributed by atoms with van der Waals surface area (Å²) < 4.78 is 10.8. The number of anilines is 1. The molecule has 5 nitrogen and oxygen atoms in total. The molecule has 134 valence electrons. The van der Waals surface area contributed by atoms with Crippen molar-refractivity contribution < 1.29 is 14.1 Å². The molecule has 1 amide bonds. The van der Waals surface area contributed by atoms with Crippen molar-refractivity contribution in [3.8, 4) is 11.3 Å². The lowest BCUT2D eigenvalue weighted by Crippen LogP contribution is -2.16. The molecule has 1 atom stereocenters. The Morgan fingerprint density at radius 3 is 2.54 bits per heavy atom. The zero-order valence-electron chi connectivity index (χ0n) is 14.5. The molecule has 0 spiro atoms. The number of halogens is 1. The Labute approximate surface area is 156 Å². The van der Waals surface area contributed by atoms with Gasteiger partial charge in [0.25, 0.3) is 0 Å². The molecule has 1 heterocycles. The summed E-state index contributed by atoms with van der Waals surface area (Å²) in [6.45, 7) is 3.58. The molecule has 1 N–H and O–H groups in total. The van der Waals surface area contributed by atoms with Crippen molar-refractivity contribution in [2.75, 3.05) is 5.32 Å². The number of nitrogens with zero attached hydrogens (tertiary/aromatic N) is 1. The van der Waals surface area contributed by atoms with E-state index in [0.717, 1.165) is 16.7 Å². The summed E-state index contributed by atoms with van der Waals surface area (Å²) in [5, 5.41) is 6.70. The third kappa shape index (κ3) is 4.06. The first-order chi connectivity index (χ1) is 12.6. The average molecular weight is 371 g/mol. The maximum atomic E-state index is 12.3. The number of carbonyl (C=O) groups is 1. The van der Waals surface area contributed by atoms with Crippen LogP contribution in [0.4, 0.5) is 10.5 Å². The standard InChI is InChI=1S/C20H19ClN2O3/c1-13-18(19(26-23-13)17-10-8-15(12-21)9-11-17)22-20(24)25-14(2)16-6-4-3-5-7-16/h3-11,14H,12H2,1-2H3,(H,22,24)/t14-/m1/s1. The zero-order chi connectivity index (χ0) is 18.5. The number of aryl methyl sites for hydroxylation is 1. The van der Waals surface area contributed by atoms with Crippen LogP contribution in [0.5, 0.6) is 0 Å². The Hall–Kier alpha value is -2.79. The van der Waals surface area contributed by atoms with E-state index in [1.807, 2.05) is 61.5 Å². The highest BCUT2D eigenvalue weighted by Gasteiger charge is 2.19. The van der Waals surface area contributed by atoms with Gasteiger partial charge in [-0.2, -0.15) is 0 Å². The number of nitrogens with one attached hydrogen (secondary N) is 1. The van der Waals surface area contributed by atoms with Gasteiger partial charge in [0, 0.05) is 11.4 Å². The van der Waals surface area contributed by atoms with Gasteiger partial charge in [-0.25, -0.2) is 4.79 Å². The first-order valence-electron chi connectivity index (χ1n) is 8.22. The lowest BCUT2D eigenvalue weighted by atomic mass is 10.1. The molecule has 6 heteroatoms. The molecule has 3 rings (SSSR count). The van der Waals surface area contributed by atoms with Gasteiger partial charge in [0.2, 0.25) is 0 Å². The topological polar surface area (TPSA) is 64.4 Å². The second kappa shape index (κ2) is 8.06. The van der Waals surface area contributed by atoms with Gasteiger partial charge in [0.05, 0.1) is 0 Å². The van der Waals surface area contributed by atoms with Crippen LogP contribution >= 0.6 is 11.6 Å².